The van der Waals surface area contributed by atoms with Gasteiger partial charge in [0.2, 0.25) is 5.91 Å². The van der Waals surface area contributed by atoms with E-state index in [0.717, 1.165) is 31.2 Å². The van der Waals surface area contributed by atoms with Crippen molar-refractivity contribution in [1.82, 2.24) is 15.1 Å². The minimum atomic E-state index is -3.18. The lowest BCUT2D eigenvalue weighted by Crippen LogP contribution is -2.53. The maximum absolute atomic E-state index is 11.5. The van der Waals surface area contributed by atoms with Gasteiger partial charge in [-0.1, -0.05) is 12.1 Å². The fourth-order valence-electron chi connectivity index (χ4n) is 2.67. The topological polar surface area (TPSA) is 82.1 Å². The van der Waals surface area contributed by atoms with Crippen molar-refractivity contribution in [2.45, 2.75) is 25.3 Å². The maximum Gasteiger partial charge on any atom is 0.219 e. The summed E-state index contributed by atoms with van der Waals surface area (Å²) < 4.78 is 23.0. The van der Waals surface area contributed by atoms with E-state index >= 15 is 0 Å². The number of aliphatic imine (C=N–C) groups is 1. The Morgan fingerprint density at radius 2 is 1.68 bits per heavy atom. The van der Waals surface area contributed by atoms with Crippen LogP contribution in [0.2, 0.25) is 0 Å². The van der Waals surface area contributed by atoms with Crippen LogP contribution in [0.1, 0.15) is 19.4 Å². The molecule has 1 N–H and O–H groups in total. The highest BCUT2D eigenvalue weighted by molar-refractivity contribution is 7.90. The normalized spacial score (nSPS) is 16.0. The largest absolute Gasteiger partial charge is 0.357 e. The molecule has 1 aliphatic heterocycles. The van der Waals surface area contributed by atoms with E-state index in [9.17, 15) is 13.2 Å². The number of piperazine rings is 1. The molecular formula is C17H26N4O3S. The zero-order valence-corrected chi connectivity index (χ0v) is 15.8. The number of benzene rings is 1. The van der Waals surface area contributed by atoms with Crippen molar-refractivity contribution in [2.75, 3.05) is 39.0 Å². The molecule has 0 saturated carbocycles. The fourth-order valence-corrected chi connectivity index (χ4v) is 3.30. The molecule has 0 atom stereocenters. The van der Waals surface area contributed by atoms with Crippen molar-refractivity contribution in [2.24, 2.45) is 4.99 Å². The highest BCUT2D eigenvalue weighted by Crippen LogP contribution is 2.11. The number of nitrogens with zero attached hydrogens (tertiary/aromatic N) is 3. The zero-order chi connectivity index (χ0) is 18.4. The van der Waals surface area contributed by atoms with Crippen LogP contribution in [-0.2, 0) is 21.2 Å². The third-order valence-corrected chi connectivity index (χ3v) is 5.25. The van der Waals surface area contributed by atoms with Crippen LogP contribution >= 0.6 is 0 Å². The van der Waals surface area contributed by atoms with Gasteiger partial charge in [-0.25, -0.2) is 13.4 Å². The van der Waals surface area contributed by atoms with Crippen molar-refractivity contribution >= 4 is 21.7 Å². The summed E-state index contributed by atoms with van der Waals surface area (Å²) in [6.07, 6.45) is 1.20. The SMILES string of the molecule is CCNC(=NCc1ccc(S(C)(=O)=O)cc1)N1CCN(C(C)=O)CC1. The lowest BCUT2D eigenvalue weighted by atomic mass is 10.2. The van der Waals surface area contributed by atoms with Crippen LogP contribution < -0.4 is 5.32 Å². The molecule has 1 aromatic carbocycles. The predicted molar refractivity (Wildman–Crippen MR) is 98.2 cm³/mol. The molecule has 1 heterocycles. The molecule has 1 aliphatic rings. The highest BCUT2D eigenvalue weighted by Gasteiger charge is 2.20. The Kier molecular flexibility index (Phi) is 6.41. The Hall–Kier alpha value is -2.09. The van der Waals surface area contributed by atoms with Crippen LogP contribution in [0.3, 0.4) is 0 Å². The van der Waals surface area contributed by atoms with E-state index in [2.05, 4.69) is 15.2 Å². The molecule has 0 radical (unpaired) electrons. The van der Waals surface area contributed by atoms with Gasteiger partial charge in [-0.3, -0.25) is 4.79 Å². The molecule has 0 aromatic heterocycles. The Morgan fingerprint density at radius 3 is 2.16 bits per heavy atom. The Morgan fingerprint density at radius 1 is 1.12 bits per heavy atom. The van der Waals surface area contributed by atoms with E-state index in [-0.39, 0.29) is 5.91 Å². The first kappa shape index (κ1) is 19.2. The van der Waals surface area contributed by atoms with Crippen LogP contribution in [0, 0.1) is 0 Å². The van der Waals surface area contributed by atoms with Crippen molar-refractivity contribution in [3.63, 3.8) is 0 Å². The molecule has 25 heavy (non-hydrogen) atoms. The Bertz CT molecular complexity index is 721. The molecule has 0 spiro atoms. The Balaban J connectivity index is 2.03. The number of hydrogen-bond acceptors (Lipinski definition) is 4. The predicted octanol–water partition coefficient (Wildman–Crippen LogP) is 0.720. The second-order valence-corrected chi connectivity index (χ2v) is 8.10. The van der Waals surface area contributed by atoms with Crippen LogP contribution in [0.15, 0.2) is 34.2 Å². The van der Waals surface area contributed by atoms with Crippen molar-refractivity contribution in [1.29, 1.82) is 0 Å². The standard InChI is InChI=1S/C17H26N4O3S/c1-4-18-17(21-11-9-20(10-12-21)14(2)22)19-13-15-5-7-16(8-6-15)25(3,23)24/h5-8H,4,9-13H2,1-3H3,(H,18,19). The van der Waals surface area contributed by atoms with Crippen molar-refractivity contribution in [3.05, 3.63) is 29.8 Å². The molecular weight excluding hydrogens is 340 g/mol. The van der Waals surface area contributed by atoms with Gasteiger partial charge < -0.3 is 15.1 Å². The van der Waals surface area contributed by atoms with Crippen LogP contribution in [0.25, 0.3) is 0 Å². The van der Waals surface area contributed by atoms with E-state index < -0.39 is 9.84 Å². The molecule has 138 valence electrons. The molecule has 8 heteroatoms. The van der Waals surface area contributed by atoms with Gasteiger partial charge in [0.15, 0.2) is 15.8 Å². The summed E-state index contributed by atoms with van der Waals surface area (Å²) in [5, 5.41) is 3.28. The van der Waals surface area contributed by atoms with Crippen LogP contribution in [-0.4, -0.2) is 69.1 Å². The number of guanidine groups is 1. The number of carbonyl (C=O) groups is 1. The first-order valence-electron chi connectivity index (χ1n) is 8.39. The lowest BCUT2D eigenvalue weighted by Gasteiger charge is -2.36. The summed E-state index contributed by atoms with van der Waals surface area (Å²) in [6.45, 7) is 7.73. The van der Waals surface area contributed by atoms with Gasteiger partial charge in [-0.2, -0.15) is 0 Å². The van der Waals surface area contributed by atoms with Crippen LogP contribution in [0.5, 0.6) is 0 Å². The average molecular weight is 366 g/mol. The molecule has 7 nitrogen and oxygen atoms in total. The summed E-state index contributed by atoms with van der Waals surface area (Å²) >= 11 is 0. The zero-order valence-electron chi connectivity index (χ0n) is 15.0. The van der Waals surface area contributed by atoms with Gasteiger partial charge in [0, 0.05) is 45.9 Å². The number of hydrogen-bond donors (Lipinski definition) is 1. The number of carbonyl (C=O) groups excluding carboxylic acids is 1. The second kappa shape index (κ2) is 8.33. The van der Waals surface area contributed by atoms with E-state index in [1.165, 1.54) is 6.26 Å². The van der Waals surface area contributed by atoms with Gasteiger partial charge in [0.1, 0.15) is 0 Å². The summed E-state index contributed by atoms with van der Waals surface area (Å²) in [5.41, 5.74) is 0.949. The van der Waals surface area contributed by atoms with Gasteiger partial charge in [-0.15, -0.1) is 0 Å². The minimum Gasteiger partial charge on any atom is -0.357 e. The quantitative estimate of drug-likeness (QED) is 0.627. The summed E-state index contributed by atoms with van der Waals surface area (Å²) in [5.74, 6) is 0.922. The molecule has 0 unspecified atom stereocenters. The van der Waals surface area contributed by atoms with E-state index in [0.29, 0.717) is 24.5 Å². The number of rotatable bonds is 4. The molecule has 1 saturated heterocycles. The van der Waals surface area contributed by atoms with Gasteiger partial charge in [0.25, 0.3) is 0 Å². The third kappa shape index (κ3) is 5.45. The first-order valence-corrected chi connectivity index (χ1v) is 10.3. The van der Waals surface area contributed by atoms with E-state index in [4.69, 9.17) is 0 Å². The van der Waals surface area contributed by atoms with Crippen molar-refractivity contribution < 1.29 is 13.2 Å². The number of amides is 1. The van der Waals surface area contributed by atoms with Gasteiger partial charge in [0.05, 0.1) is 11.4 Å². The maximum atomic E-state index is 11.5. The monoisotopic (exact) mass is 366 g/mol. The van der Waals surface area contributed by atoms with E-state index in [1.807, 2.05) is 11.8 Å². The molecule has 0 aliphatic carbocycles. The van der Waals surface area contributed by atoms with Crippen molar-refractivity contribution in [3.8, 4) is 0 Å². The van der Waals surface area contributed by atoms with Crippen LogP contribution in [0.4, 0.5) is 0 Å². The molecule has 1 aromatic rings. The highest BCUT2D eigenvalue weighted by atomic mass is 32.2. The third-order valence-electron chi connectivity index (χ3n) is 4.12. The minimum absolute atomic E-state index is 0.104. The number of nitrogens with one attached hydrogen (secondary N) is 1. The Labute approximate surface area is 149 Å². The summed E-state index contributed by atoms with van der Waals surface area (Å²) in [4.78, 5) is 20.4. The fraction of sp³-hybridized carbons (Fsp3) is 0.529. The average Bonchev–Trinajstić information content (AvgIpc) is 2.58. The second-order valence-electron chi connectivity index (χ2n) is 6.08. The molecule has 1 amide bonds. The van der Waals surface area contributed by atoms with E-state index in [1.54, 1.807) is 31.2 Å². The molecule has 0 bridgehead atoms. The molecule has 2 rings (SSSR count). The summed E-state index contributed by atoms with van der Waals surface area (Å²) in [6, 6.07) is 6.80. The summed E-state index contributed by atoms with van der Waals surface area (Å²) in [7, 11) is -3.18. The van der Waals surface area contributed by atoms with Gasteiger partial charge >= 0.3 is 0 Å². The lowest BCUT2D eigenvalue weighted by molar-refractivity contribution is -0.130. The smallest absolute Gasteiger partial charge is 0.219 e. The molecule has 1 fully saturated rings. The number of sulfone groups is 1. The van der Waals surface area contributed by atoms with Gasteiger partial charge in [-0.05, 0) is 24.6 Å². The first-order chi connectivity index (χ1) is 11.8.